The maximum absolute atomic E-state index is 10.3. The zero-order valence-corrected chi connectivity index (χ0v) is 5.48. The van der Waals surface area contributed by atoms with E-state index in [1.807, 2.05) is 6.07 Å². The summed E-state index contributed by atoms with van der Waals surface area (Å²) in [6.45, 7) is 1.43. The summed E-state index contributed by atoms with van der Waals surface area (Å²) in [5.41, 5.74) is 0. The second-order valence-corrected chi connectivity index (χ2v) is 2.11. The number of nitrogens with zero attached hydrogens (tertiary/aromatic N) is 1. The fraction of sp³-hybridized carbons (Fsp3) is 0.600. The second-order valence-electron chi connectivity index (χ2n) is 1.49. The van der Waals surface area contributed by atoms with Gasteiger partial charge in [0.2, 0.25) is 0 Å². The van der Waals surface area contributed by atoms with Crippen LogP contribution in [0.2, 0.25) is 0 Å². The number of thiol groups is 1. The molecule has 44 valence electrons. The third-order valence-corrected chi connectivity index (χ3v) is 1.30. The minimum Gasteiger partial charge on any atom is -0.299 e. The number of hydrogen-bond acceptors (Lipinski definition) is 3. The lowest BCUT2D eigenvalue weighted by atomic mass is 10.2. The zero-order chi connectivity index (χ0) is 6.57. The van der Waals surface area contributed by atoms with E-state index >= 15 is 0 Å². The maximum Gasteiger partial charge on any atom is 0.143 e. The van der Waals surface area contributed by atoms with E-state index in [0.717, 1.165) is 0 Å². The van der Waals surface area contributed by atoms with Crippen molar-refractivity contribution in [2.45, 2.75) is 18.6 Å². The maximum atomic E-state index is 10.3. The van der Waals surface area contributed by atoms with Crippen molar-refractivity contribution < 1.29 is 4.79 Å². The quantitative estimate of drug-likeness (QED) is 0.560. The SMILES string of the molecule is CC(=O)C(S)CC#N. The number of nitriles is 1. The molecule has 0 fully saturated rings. The standard InChI is InChI=1S/C5H7NOS/c1-4(7)5(8)2-3-6/h5,8H,2H2,1H3. The van der Waals surface area contributed by atoms with Crippen LogP contribution in [0.15, 0.2) is 0 Å². The first-order valence-corrected chi connectivity index (χ1v) is 2.75. The van der Waals surface area contributed by atoms with E-state index in [2.05, 4.69) is 12.6 Å². The highest BCUT2D eigenvalue weighted by molar-refractivity contribution is 7.81. The zero-order valence-electron chi connectivity index (χ0n) is 4.59. The summed E-state index contributed by atoms with van der Waals surface area (Å²) in [6, 6.07) is 1.85. The molecular formula is C5H7NOS. The van der Waals surface area contributed by atoms with E-state index in [1.165, 1.54) is 6.92 Å². The molecule has 0 saturated carbocycles. The number of hydrogen-bond donors (Lipinski definition) is 1. The van der Waals surface area contributed by atoms with Crippen molar-refractivity contribution in [1.82, 2.24) is 0 Å². The summed E-state index contributed by atoms with van der Waals surface area (Å²) in [6.07, 6.45) is 0.207. The molecule has 1 atom stereocenters. The lowest BCUT2D eigenvalue weighted by molar-refractivity contribution is -0.116. The van der Waals surface area contributed by atoms with E-state index in [0.29, 0.717) is 0 Å². The van der Waals surface area contributed by atoms with Gasteiger partial charge < -0.3 is 0 Å². The van der Waals surface area contributed by atoms with Crippen LogP contribution in [-0.2, 0) is 4.79 Å². The first kappa shape index (κ1) is 7.51. The van der Waals surface area contributed by atoms with E-state index in [9.17, 15) is 4.79 Å². The third-order valence-electron chi connectivity index (χ3n) is 0.754. The Morgan fingerprint density at radius 2 is 2.50 bits per heavy atom. The van der Waals surface area contributed by atoms with Crippen molar-refractivity contribution in [3.8, 4) is 6.07 Å². The average Bonchev–Trinajstić information content (AvgIpc) is 1.67. The lowest BCUT2D eigenvalue weighted by Crippen LogP contribution is -2.08. The van der Waals surface area contributed by atoms with E-state index in [-0.39, 0.29) is 17.5 Å². The van der Waals surface area contributed by atoms with E-state index in [4.69, 9.17) is 5.26 Å². The highest BCUT2D eigenvalue weighted by Gasteiger charge is 2.05. The van der Waals surface area contributed by atoms with E-state index < -0.39 is 0 Å². The van der Waals surface area contributed by atoms with E-state index in [1.54, 1.807) is 0 Å². The predicted octanol–water partition coefficient (Wildman–Crippen LogP) is 0.787. The molecule has 0 spiro atoms. The molecule has 0 amide bonds. The fourth-order valence-corrected chi connectivity index (χ4v) is 0.312. The van der Waals surface area contributed by atoms with Crippen molar-refractivity contribution in [1.29, 1.82) is 5.26 Å². The Bertz CT molecular complexity index is 127. The van der Waals surface area contributed by atoms with Crippen molar-refractivity contribution in [3.05, 3.63) is 0 Å². The Morgan fingerprint density at radius 1 is 2.00 bits per heavy atom. The van der Waals surface area contributed by atoms with Crippen LogP contribution < -0.4 is 0 Å². The van der Waals surface area contributed by atoms with Gasteiger partial charge >= 0.3 is 0 Å². The number of ketones is 1. The summed E-state index contributed by atoms with van der Waals surface area (Å²) in [4.78, 5) is 10.3. The van der Waals surface area contributed by atoms with Crippen LogP contribution in [0.1, 0.15) is 13.3 Å². The van der Waals surface area contributed by atoms with Gasteiger partial charge in [0.1, 0.15) is 5.78 Å². The predicted molar refractivity (Wildman–Crippen MR) is 33.7 cm³/mol. The summed E-state index contributed by atoms with van der Waals surface area (Å²) in [5, 5.41) is 7.65. The fourth-order valence-electron chi connectivity index (χ4n) is 0.230. The van der Waals surface area contributed by atoms with Crippen LogP contribution in [0.25, 0.3) is 0 Å². The number of carbonyl (C=O) groups is 1. The smallest absolute Gasteiger partial charge is 0.143 e. The minimum atomic E-state index is -0.389. The van der Waals surface area contributed by atoms with Crippen LogP contribution in [0.5, 0.6) is 0 Å². The molecule has 0 heterocycles. The number of Topliss-reactive ketones (excluding diaryl/α,β-unsaturated/α-hetero) is 1. The molecule has 0 aromatic rings. The topological polar surface area (TPSA) is 40.9 Å². The van der Waals surface area contributed by atoms with Gasteiger partial charge in [0, 0.05) is 0 Å². The molecule has 0 aliphatic rings. The normalized spacial score (nSPS) is 12.1. The number of carbonyl (C=O) groups excluding carboxylic acids is 1. The Balaban J connectivity index is 3.52. The molecule has 0 aromatic carbocycles. The van der Waals surface area contributed by atoms with Crippen LogP contribution >= 0.6 is 12.6 Å². The van der Waals surface area contributed by atoms with Crippen LogP contribution in [-0.4, -0.2) is 11.0 Å². The molecule has 1 unspecified atom stereocenters. The second kappa shape index (κ2) is 3.50. The van der Waals surface area contributed by atoms with Gasteiger partial charge in [0.15, 0.2) is 0 Å². The third kappa shape index (κ3) is 2.64. The highest BCUT2D eigenvalue weighted by atomic mass is 32.1. The summed E-state index contributed by atoms with van der Waals surface area (Å²) >= 11 is 3.83. The molecule has 0 radical (unpaired) electrons. The largest absolute Gasteiger partial charge is 0.299 e. The van der Waals surface area contributed by atoms with Crippen molar-refractivity contribution in [2.75, 3.05) is 0 Å². The molecule has 0 aromatic heterocycles. The Morgan fingerprint density at radius 3 is 2.62 bits per heavy atom. The molecule has 0 aliphatic carbocycles. The molecule has 0 rings (SSSR count). The molecule has 0 saturated heterocycles. The molecular weight excluding hydrogens is 122 g/mol. The van der Waals surface area contributed by atoms with Gasteiger partial charge in [-0.05, 0) is 6.92 Å². The summed E-state index contributed by atoms with van der Waals surface area (Å²) in [7, 11) is 0. The summed E-state index contributed by atoms with van der Waals surface area (Å²) in [5.74, 6) is -0.0464. The Hall–Kier alpha value is -0.490. The molecule has 0 bridgehead atoms. The lowest BCUT2D eigenvalue weighted by Gasteiger charge is -1.95. The van der Waals surface area contributed by atoms with Gasteiger partial charge in [-0.2, -0.15) is 17.9 Å². The molecule has 8 heavy (non-hydrogen) atoms. The van der Waals surface area contributed by atoms with Crippen molar-refractivity contribution in [2.24, 2.45) is 0 Å². The number of rotatable bonds is 2. The van der Waals surface area contributed by atoms with Gasteiger partial charge in [0.25, 0.3) is 0 Å². The van der Waals surface area contributed by atoms with Gasteiger partial charge in [0.05, 0.1) is 17.7 Å². The van der Waals surface area contributed by atoms with Gasteiger partial charge in [-0.25, -0.2) is 0 Å². The first-order valence-electron chi connectivity index (χ1n) is 2.24. The Kier molecular flexibility index (Phi) is 3.29. The monoisotopic (exact) mass is 129 g/mol. The van der Waals surface area contributed by atoms with Crippen molar-refractivity contribution in [3.63, 3.8) is 0 Å². The molecule has 3 heteroatoms. The minimum absolute atomic E-state index is 0.0464. The molecule has 0 aliphatic heterocycles. The molecule has 0 N–H and O–H groups in total. The average molecular weight is 129 g/mol. The van der Waals surface area contributed by atoms with Crippen LogP contribution in [0.3, 0.4) is 0 Å². The van der Waals surface area contributed by atoms with Crippen molar-refractivity contribution >= 4 is 18.4 Å². The van der Waals surface area contributed by atoms with Gasteiger partial charge in [-0.15, -0.1) is 0 Å². The van der Waals surface area contributed by atoms with Gasteiger partial charge in [-0.1, -0.05) is 0 Å². The highest BCUT2D eigenvalue weighted by Crippen LogP contribution is 1.99. The van der Waals surface area contributed by atoms with Gasteiger partial charge in [-0.3, -0.25) is 4.79 Å². The van der Waals surface area contributed by atoms with Crippen LogP contribution in [0, 0.1) is 11.3 Å². The molecule has 2 nitrogen and oxygen atoms in total. The summed E-state index contributed by atoms with van der Waals surface area (Å²) < 4.78 is 0. The van der Waals surface area contributed by atoms with Crippen LogP contribution in [0.4, 0.5) is 0 Å². The Labute approximate surface area is 53.9 Å². The first-order chi connectivity index (χ1) is 3.68.